The summed E-state index contributed by atoms with van der Waals surface area (Å²) >= 11 is 0. The molecule has 29 heavy (non-hydrogen) atoms. The van der Waals surface area contributed by atoms with E-state index in [-0.39, 0.29) is 5.91 Å². The average molecular weight is 386 g/mol. The summed E-state index contributed by atoms with van der Waals surface area (Å²) in [6.07, 6.45) is 1.73. The van der Waals surface area contributed by atoms with Crippen molar-refractivity contribution in [2.45, 2.75) is 13.5 Å². The zero-order valence-corrected chi connectivity index (χ0v) is 16.7. The van der Waals surface area contributed by atoms with Crippen LogP contribution in [0.25, 0.3) is 0 Å². The molecule has 1 fully saturated rings. The first-order chi connectivity index (χ1) is 14.2. The highest BCUT2D eigenvalue weighted by molar-refractivity contribution is 6.04. The molecule has 4 rings (SSSR count). The molecule has 0 radical (unpaired) electrons. The van der Waals surface area contributed by atoms with Crippen molar-refractivity contribution >= 4 is 17.4 Å². The predicted octanol–water partition coefficient (Wildman–Crippen LogP) is 3.96. The highest BCUT2D eigenvalue weighted by Gasteiger charge is 2.18. The van der Waals surface area contributed by atoms with Gasteiger partial charge in [-0.15, -0.1) is 0 Å². The van der Waals surface area contributed by atoms with Crippen LogP contribution in [0.5, 0.6) is 0 Å². The van der Waals surface area contributed by atoms with E-state index in [9.17, 15) is 4.79 Å². The number of benzene rings is 2. The van der Waals surface area contributed by atoms with Gasteiger partial charge in [-0.2, -0.15) is 0 Å². The lowest BCUT2D eigenvalue weighted by atomic mass is 10.1. The van der Waals surface area contributed by atoms with Gasteiger partial charge in [0.05, 0.1) is 11.9 Å². The molecule has 0 atom stereocenters. The molecule has 1 saturated heterocycles. The van der Waals surface area contributed by atoms with Gasteiger partial charge < -0.3 is 10.2 Å². The van der Waals surface area contributed by atoms with Gasteiger partial charge in [0.25, 0.3) is 5.91 Å². The maximum absolute atomic E-state index is 12.3. The minimum atomic E-state index is -0.117. The number of hydrogen-bond acceptors (Lipinski definition) is 4. The van der Waals surface area contributed by atoms with Gasteiger partial charge in [-0.3, -0.25) is 9.69 Å². The van der Waals surface area contributed by atoms with Crippen LogP contribution in [0.15, 0.2) is 72.9 Å². The van der Waals surface area contributed by atoms with Gasteiger partial charge in [-0.05, 0) is 36.8 Å². The predicted molar refractivity (Wildman–Crippen MR) is 117 cm³/mol. The molecule has 0 bridgehead atoms. The summed E-state index contributed by atoms with van der Waals surface area (Å²) in [7, 11) is 0. The molecule has 148 valence electrons. The van der Waals surface area contributed by atoms with Gasteiger partial charge in [0.2, 0.25) is 0 Å². The number of carbonyl (C=O) groups excluding carboxylic acids is 1. The zero-order valence-electron chi connectivity index (χ0n) is 16.7. The molecule has 1 aliphatic heterocycles. The summed E-state index contributed by atoms with van der Waals surface area (Å²) in [5.41, 5.74) is 3.85. The first kappa shape index (κ1) is 19.2. The largest absolute Gasteiger partial charge is 0.354 e. The van der Waals surface area contributed by atoms with Gasteiger partial charge in [-0.25, -0.2) is 4.98 Å². The van der Waals surface area contributed by atoms with Gasteiger partial charge in [0.1, 0.15) is 5.82 Å². The second kappa shape index (κ2) is 8.88. The number of aromatic nitrogens is 1. The van der Waals surface area contributed by atoms with Crippen LogP contribution in [0.3, 0.4) is 0 Å². The van der Waals surface area contributed by atoms with Gasteiger partial charge in [-0.1, -0.05) is 48.0 Å². The molecule has 3 aromatic rings. The highest BCUT2D eigenvalue weighted by atomic mass is 16.1. The molecule has 5 heteroatoms. The van der Waals surface area contributed by atoms with Gasteiger partial charge >= 0.3 is 0 Å². The second-order valence-corrected chi connectivity index (χ2v) is 7.47. The van der Waals surface area contributed by atoms with Crippen LogP contribution in [0.4, 0.5) is 11.5 Å². The molecule has 0 spiro atoms. The summed E-state index contributed by atoms with van der Waals surface area (Å²) in [4.78, 5) is 21.7. The number of pyridine rings is 1. The topological polar surface area (TPSA) is 48.5 Å². The van der Waals surface area contributed by atoms with E-state index in [1.807, 2.05) is 43.3 Å². The Kier molecular flexibility index (Phi) is 5.86. The molecule has 2 heterocycles. The van der Waals surface area contributed by atoms with E-state index < -0.39 is 0 Å². The molecule has 1 N–H and O–H groups in total. The van der Waals surface area contributed by atoms with Crippen molar-refractivity contribution in [3.05, 3.63) is 89.6 Å². The number of rotatable bonds is 5. The average Bonchev–Trinajstić information content (AvgIpc) is 2.76. The fourth-order valence-corrected chi connectivity index (χ4v) is 3.53. The number of nitrogens with one attached hydrogen (secondary N) is 1. The lowest BCUT2D eigenvalue weighted by Gasteiger charge is -2.35. The van der Waals surface area contributed by atoms with E-state index in [4.69, 9.17) is 0 Å². The second-order valence-electron chi connectivity index (χ2n) is 7.47. The SMILES string of the molecule is Cc1ccc(C(=O)Nc2ccc(N3CCN(Cc4ccccc4)CC3)nc2)cc1. The molecular formula is C24H26N4O. The van der Waals surface area contributed by atoms with Crippen LogP contribution in [0, 0.1) is 6.92 Å². The summed E-state index contributed by atoms with van der Waals surface area (Å²) in [5.74, 6) is 0.840. The van der Waals surface area contributed by atoms with Crippen LogP contribution >= 0.6 is 0 Å². The van der Waals surface area contributed by atoms with E-state index >= 15 is 0 Å². The van der Waals surface area contributed by atoms with Crippen molar-refractivity contribution in [1.29, 1.82) is 0 Å². The molecule has 1 amide bonds. The van der Waals surface area contributed by atoms with Crippen LogP contribution in [-0.4, -0.2) is 42.0 Å². The first-order valence-electron chi connectivity index (χ1n) is 10.0. The molecular weight excluding hydrogens is 360 g/mol. The Morgan fingerprint density at radius 1 is 0.931 bits per heavy atom. The van der Waals surface area contributed by atoms with Crippen LogP contribution in [0.1, 0.15) is 21.5 Å². The standard InChI is InChI=1S/C24H26N4O/c1-19-7-9-21(10-8-19)24(29)26-22-11-12-23(25-17-22)28-15-13-27(14-16-28)18-20-5-3-2-4-6-20/h2-12,17H,13-16,18H2,1H3,(H,26,29). The number of nitrogens with zero attached hydrogens (tertiary/aromatic N) is 3. The third kappa shape index (κ3) is 5.00. The summed E-state index contributed by atoms with van der Waals surface area (Å²) in [6, 6.07) is 22.0. The minimum absolute atomic E-state index is 0.117. The van der Waals surface area contributed by atoms with E-state index in [1.54, 1.807) is 6.20 Å². The third-order valence-electron chi connectivity index (χ3n) is 5.26. The Morgan fingerprint density at radius 2 is 1.66 bits per heavy atom. The number of carbonyl (C=O) groups is 1. The van der Waals surface area contributed by atoms with Crippen molar-refractivity contribution in [3.63, 3.8) is 0 Å². The number of anilines is 2. The fourth-order valence-electron chi connectivity index (χ4n) is 3.53. The van der Waals surface area contributed by atoms with Crippen molar-refractivity contribution < 1.29 is 4.79 Å². The first-order valence-corrected chi connectivity index (χ1v) is 10.0. The molecule has 1 aromatic heterocycles. The smallest absolute Gasteiger partial charge is 0.255 e. The fraction of sp³-hybridized carbons (Fsp3) is 0.250. The maximum atomic E-state index is 12.3. The Hall–Kier alpha value is -3.18. The van der Waals surface area contributed by atoms with Crippen molar-refractivity contribution in [2.24, 2.45) is 0 Å². The molecule has 0 aliphatic carbocycles. The summed E-state index contributed by atoms with van der Waals surface area (Å²) in [5, 5.41) is 2.91. The number of amides is 1. The van der Waals surface area contributed by atoms with E-state index in [0.717, 1.165) is 44.1 Å². The van der Waals surface area contributed by atoms with Gasteiger partial charge in [0.15, 0.2) is 0 Å². The normalized spacial score (nSPS) is 14.6. The van der Waals surface area contributed by atoms with Gasteiger partial charge in [0, 0.05) is 38.3 Å². The Balaban J connectivity index is 1.30. The number of piperazine rings is 1. The van der Waals surface area contributed by atoms with Crippen molar-refractivity contribution in [3.8, 4) is 0 Å². The Morgan fingerprint density at radius 3 is 2.31 bits per heavy atom. The van der Waals surface area contributed by atoms with Crippen molar-refractivity contribution in [1.82, 2.24) is 9.88 Å². The Labute approximate surface area is 172 Å². The quantitative estimate of drug-likeness (QED) is 0.721. The molecule has 2 aromatic carbocycles. The highest BCUT2D eigenvalue weighted by Crippen LogP contribution is 2.18. The minimum Gasteiger partial charge on any atom is -0.354 e. The van der Waals surface area contributed by atoms with E-state index in [0.29, 0.717) is 11.3 Å². The number of aryl methyl sites for hydroxylation is 1. The molecule has 5 nitrogen and oxygen atoms in total. The van der Waals surface area contributed by atoms with Crippen LogP contribution in [-0.2, 0) is 6.54 Å². The third-order valence-corrected chi connectivity index (χ3v) is 5.26. The maximum Gasteiger partial charge on any atom is 0.255 e. The summed E-state index contributed by atoms with van der Waals surface area (Å²) < 4.78 is 0. The number of hydrogen-bond donors (Lipinski definition) is 1. The zero-order chi connectivity index (χ0) is 20.1. The van der Waals surface area contributed by atoms with E-state index in [1.165, 1.54) is 5.56 Å². The Bertz CT molecular complexity index is 931. The molecule has 0 saturated carbocycles. The van der Waals surface area contributed by atoms with E-state index in [2.05, 4.69) is 50.4 Å². The van der Waals surface area contributed by atoms with Crippen molar-refractivity contribution in [2.75, 3.05) is 36.4 Å². The lowest BCUT2D eigenvalue weighted by Crippen LogP contribution is -2.46. The van der Waals surface area contributed by atoms with Crippen LogP contribution < -0.4 is 10.2 Å². The molecule has 1 aliphatic rings. The monoisotopic (exact) mass is 386 g/mol. The lowest BCUT2D eigenvalue weighted by molar-refractivity contribution is 0.102. The summed E-state index contributed by atoms with van der Waals surface area (Å²) in [6.45, 7) is 6.94. The van der Waals surface area contributed by atoms with Crippen LogP contribution in [0.2, 0.25) is 0 Å². The molecule has 0 unspecified atom stereocenters.